The Morgan fingerprint density at radius 1 is 0.533 bits per heavy atom. The molecule has 30 heavy (non-hydrogen) atoms. The molecule has 0 amide bonds. The first-order chi connectivity index (χ1) is 14.8. The van der Waals surface area contributed by atoms with Crippen LogP contribution in [0.15, 0.2) is 73.6 Å². The maximum Gasteiger partial charge on any atom is 0.180 e. The predicted molar refractivity (Wildman–Crippen MR) is 112 cm³/mol. The Hall–Kier alpha value is -4.46. The van der Waals surface area contributed by atoms with Crippen molar-refractivity contribution >= 4 is 33.1 Å². The Morgan fingerprint density at radius 2 is 1.47 bits per heavy atom. The summed E-state index contributed by atoms with van der Waals surface area (Å²) in [6, 6.07) is 11.6. The Bertz CT molecular complexity index is 1450. The molecule has 0 aliphatic heterocycles. The van der Waals surface area contributed by atoms with Gasteiger partial charge in [-0.25, -0.2) is 24.9 Å². The van der Waals surface area contributed by atoms with Gasteiger partial charge in [-0.1, -0.05) is 6.07 Å². The Labute approximate surface area is 169 Å². The molecule has 0 saturated carbocycles. The Balaban J connectivity index is 1.41. The smallest absolute Gasteiger partial charge is 0.180 e. The van der Waals surface area contributed by atoms with E-state index in [4.69, 9.17) is 0 Å². The molecule has 0 aromatic carbocycles. The first-order valence-corrected chi connectivity index (χ1v) is 9.26. The van der Waals surface area contributed by atoms with Crippen LogP contribution in [0.3, 0.4) is 0 Å². The van der Waals surface area contributed by atoms with Crippen LogP contribution in [0.5, 0.6) is 0 Å². The molecule has 0 atom stereocenters. The van der Waals surface area contributed by atoms with Crippen LogP contribution in [0.1, 0.15) is 0 Å². The average Bonchev–Trinajstić information content (AvgIpc) is 2.83. The minimum atomic E-state index is 0.491. The molecule has 0 N–H and O–H groups in total. The van der Waals surface area contributed by atoms with E-state index < -0.39 is 0 Å². The molecule has 8 nitrogen and oxygen atoms in total. The van der Waals surface area contributed by atoms with Crippen molar-refractivity contribution in [3.8, 4) is 22.8 Å². The number of aromatic nitrogens is 8. The molecular weight excluding hydrogens is 376 g/mol. The van der Waals surface area contributed by atoms with E-state index in [1.54, 1.807) is 37.2 Å². The summed E-state index contributed by atoms with van der Waals surface area (Å²) in [5.41, 5.74) is 5.07. The van der Waals surface area contributed by atoms with Crippen LogP contribution in [0.2, 0.25) is 0 Å². The standard InChI is InChI=1S/C22H12N8/c1-2-13-9-18(26-12-19(13)23-5-1)14-8-15-11-28-22(30-20(15)27-10-14)17-4-3-16-21(29-17)25-7-6-24-16/h1-12H. The third-order valence-corrected chi connectivity index (χ3v) is 4.78. The lowest BCUT2D eigenvalue weighted by molar-refractivity contribution is 1.15. The van der Waals surface area contributed by atoms with E-state index >= 15 is 0 Å². The van der Waals surface area contributed by atoms with E-state index in [0.29, 0.717) is 22.8 Å². The fourth-order valence-corrected chi connectivity index (χ4v) is 3.30. The molecule has 6 heterocycles. The number of rotatable bonds is 2. The summed E-state index contributed by atoms with van der Waals surface area (Å²) in [5, 5.41) is 1.85. The lowest BCUT2D eigenvalue weighted by atomic mass is 10.1. The van der Waals surface area contributed by atoms with E-state index in [0.717, 1.165) is 33.1 Å². The number of hydrogen-bond donors (Lipinski definition) is 0. The van der Waals surface area contributed by atoms with Crippen LogP contribution < -0.4 is 0 Å². The molecule has 8 heteroatoms. The second-order valence-corrected chi connectivity index (χ2v) is 6.69. The van der Waals surface area contributed by atoms with E-state index in [9.17, 15) is 0 Å². The van der Waals surface area contributed by atoms with Crippen molar-refractivity contribution in [2.45, 2.75) is 0 Å². The molecule has 140 valence electrons. The highest BCUT2D eigenvalue weighted by molar-refractivity contribution is 5.85. The molecule has 0 spiro atoms. The number of pyridine rings is 4. The number of hydrogen-bond acceptors (Lipinski definition) is 8. The van der Waals surface area contributed by atoms with Crippen LogP contribution in [0.4, 0.5) is 0 Å². The van der Waals surface area contributed by atoms with E-state index in [1.165, 1.54) is 0 Å². The lowest BCUT2D eigenvalue weighted by Gasteiger charge is -2.05. The van der Waals surface area contributed by atoms with E-state index in [1.807, 2.05) is 36.4 Å². The SMILES string of the molecule is c1cnc2cnc(-c3cnc4nc(-c5ccc6nccnc6n5)ncc4c3)cc2c1. The van der Waals surface area contributed by atoms with Gasteiger partial charge < -0.3 is 0 Å². The molecule has 0 unspecified atom stereocenters. The maximum atomic E-state index is 4.57. The molecule has 0 fully saturated rings. The predicted octanol–water partition coefficient (Wildman–Crippen LogP) is 3.64. The molecule has 0 aliphatic carbocycles. The first kappa shape index (κ1) is 16.5. The minimum absolute atomic E-state index is 0.491. The van der Waals surface area contributed by atoms with Gasteiger partial charge in [0.15, 0.2) is 17.1 Å². The zero-order chi connectivity index (χ0) is 19.9. The highest BCUT2D eigenvalue weighted by Crippen LogP contribution is 2.24. The molecule has 0 saturated heterocycles. The van der Waals surface area contributed by atoms with Gasteiger partial charge >= 0.3 is 0 Å². The topological polar surface area (TPSA) is 103 Å². The van der Waals surface area contributed by atoms with Gasteiger partial charge in [0.1, 0.15) is 11.2 Å². The van der Waals surface area contributed by atoms with E-state index in [-0.39, 0.29) is 0 Å². The van der Waals surface area contributed by atoms with Crippen LogP contribution in [0, 0.1) is 0 Å². The van der Waals surface area contributed by atoms with Gasteiger partial charge in [-0.05, 0) is 30.3 Å². The van der Waals surface area contributed by atoms with Crippen LogP contribution in [0.25, 0.3) is 55.9 Å². The van der Waals surface area contributed by atoms with Gasteiger partial charge in [0.25, 0.3) is 0 Å². The van der Waals surface area contributed by atoms with Gasteiger partial charge in [-0.2, -0.15) is 0 Å². The summed E-state index contributed by atoms with van der Waals surface area (Å²) in [6.07, 6.45) is 10.3. The second kappa shape index (κ2) is 6.56. The molecule has 0 bridgehead atoms. The number of nitrogens with zero attached hydrogens (tertiary/aromatic N) is 8. The zero-order valence-electron chi connectivity index (χ0n) is 15.5. The quantitative estimate of drug-likeness (QED) is 0.443. The summed E-state index contributed by atoms with van der Waals surface area (Å²) in [4.78, 5) is 35.4. The third-order valence-electron chi connectivity index (χ3n) is 4.78. The molecule has 6 aromatic heterocycles. The van der Waals surface area contributed by atoms with Crippen LogP contribution in [-0.4, -0.2) is 39.9 Å². The Kier molecular flexibility index (Phi) is 3.60. The van der Waals surface area contributed by atoms with Gasteiger partial charge in [0.05, 0.1) is 17.4 Å². The highest BCUT2D eigenvalue weighted by atomic mass is 15.0. The summed E-state index contributed by atoms with van der Waals surface area (Å²) in [5.74, 6) is 0.491. The number of fused-ring (bicyclic) bond motifs is 3. The molecule has 6 rings (SSSR count). The fraction of sp³-hybridized carbons (Fsp3) is 0. The van der Waals surface area contributed by atoms with Crippen molar-refractivity contribution in [3.05, 3.63) is 73.6 Å². The van der Waals surface area contributed by atoms with Gasteiger partial charge in [0.2, 0.25) is 0 Å². The largest absolute Gasteiger partial charge is 0.255 e. The molecule has 0 aliphatic rings. The normalized spacial score (nSPS) is 11.3. The summed E-state index contributed by atoms with van der Waals surface area (Å²) in [6.45, 7) is 0. The summed E-state index contributed by atoms with van der Waals surface area (Å²) < 4.78 is 0. The molecule has 6 aromatic rings. The van der Waals surface area contributed by atoms with Crippen LogP contribution >= 0.6 is 0 Å². The lowest BCUT2D eigenvalue weighted by Crippen LogP contribution is -1.96. The van der Waals surface area contributed by atoms with Crippen molar-refractivity contribution in [1.82, 2.24) is 39.9 Å². The monoisotopic (exact) mass is 388 g/mol. The highest BCUT2D eigenvalue weighted by Gasteiger charge is 2.09. The molecule has 0 radical (unpaired) electrons. The zero-order valence-corrected chi connectivity index (χ0v) is 15.5. The van der Waals surface area contributed by atoms with Gasteiger partial charge in [0, 0.05) is 47.3 Å². The summed E-state index contributed by atoms with van der Waals surface area (Å²) >= 11 is 0. The van der Waals surface area contributed by atoms with Gasteiger partial charge in [-0.15, -0.1) is 0 Å². The Morgan fingerprint density at radius 3 is 2.47 bits per heavy atom. The summed E-state index contributed by atoms with van der Waals surface area (Å²) in [7, 11) is 0. The first-order valence-electron chi connectivity index (χ1n) is 9.26. The van der Waals surface area contributed by atoms with Crippen molar-refractivity contribution in [2.24, 2.45) is 0 Å². The van der Waals surface area contributed by atoms with Crippen molar-refractivity contribution in [1.29, 1.82) is 0 Å². The third kappa shape index (κ3) is 2.78. The van der Waals surface area contributed by atoms with Crippen molar-refractivity contribution in [3.63, 3.8) is 0 Å². The van der Waals surface area contributed by atoms with E-state index in [2.05, 4.69) is 39.9 Å². The minimum Gasteiger partial charge on any atom is -0.255 e. The average molecular weight is 388 g/mol. The van der Waals surface area contributed by atoms with Gasteiger partial charge in [-0.3, -0.25) is 15.0 Å². The molecular formula is C22H12N8. The maximum absolute atomic E-state index is 4.57. The van der Waals surface area contributed by atoms with Crippen LogP contribution in [-0.2, 0) is 0 Å². The van der Waals surface area contributed by atoms with Crippen molar-refractivity contribution in [2.75, 3.05) is 0 Å². The second-order valence-electron chi connectivity index (χ2n) is 6.69. The van der Waals surface area contributed by atoms with Crippen molar-refractivity contribution < 1.29 is 0 Å². The fourth-order valence-electron chi connectivity index (χ4n) is 3.30.